The maximum Gasteiger partial charge on any atom is 0.247 e. The van der Waals surface area contributed by atoms with Crippen molar-refractivity contribution in [2.75, 3.05) is 13.1 Å². The van der Waals surface area contributed by atoms with Crippen molar-refractivity contribution in [3.05, 3.63) is 16.5 Å². The second-order valence-electron chi connectivity index (χ2n) is 3.91. The minimum Gasteiger partial charge on any atom is -0.452 e. The van der Waals surface area contributed by atoms with Crippen molar-refractivity contribution in [1.29, 1.82) is 0 Å². The molecule has 0 bridgehead atoms. The average molecular weight is 339 g/mol. The first-order valence-corrected chi connectivity index (χ1v) is 8.19. The highest BCUT2D eigenvalue weighted by Gasteiger charge is 2.27. The molecule has 0 saturated carbocycles. The van der Waals surface area contributed by atoms with Crippen molar-refractivity contribution in [2.45, 2.75) is 38.1 Å². The zero-order valence-corrected chi connectivity index (χ0v) is 13.1. The Bertz CT molecular complexity index is 484. The van der Waals surface area contributed by atoms with Crippen LogP contribution < -0.4 is 5.73 Å². The van der Waals surface area contributed by atoms with E-state index >= 15 is 0 Å². The number of halogens is 1. The third-order valence-corrected chi connectivity index (χ3v) is 5.47. The maximum atomic E-state index is 12.4. The lowest BCUT2D eigenvalue weighted by atomic mass is 10.3. The molecule has 0 fully saturated rings. The Morgan fingerprint density at radius 1 is 1.44 bits per heavy atom. The van der Waals surface area contributed by atoms with Crippen LogP contribution >= 0.6 is 15.9 Å². The normalized spacial score (nSPS) is 12.3. The van der Waals surface area contributed by atoms with Crippen molar-refractivity contribution >= 4 is 26.0 Å². The molecule has 0 radical (unpaired) electrons. The topological polar surface area (TPSA) is 76.5 Å². The van der Waals surface area contributed by atoms with Crippen molar-refractivity contribution in [3.63, 3.8) is 0 Å². The SMILES string of the molecule is CCCCN(CC)S(=O)(=O)c1cc(CN)oc1Br. The van der Waals surface area contributed by atoms with Crippen LogP contribution in [0.25, 0.3) is 0 Å². The summed E-state index contributed by atoms with van der Waals surface area (Å²) in [5, 5.41) is 0. The summed E-state index contributed by atoms with van der Waals surface area (Å²) in [6.07, 6.45) is 1.79. The molecule has 104 valence electrons. The number of nitrogens with two attached hydrogens (primary N) is 1. The van der Waals surface area contributed by atoms with Gasteiger partial charge < -0.3 is 10.2 Å². The fourth-order valence-electron chi connectivity index (χ4n) is 1.60. The van der Waals surface area contributed by atoms with Crippen molar-refractivity contribution < 1.29 is 12.8 Å². The zero-order chi connectivity index (χ0) is 13.8. The van der Waals surface area contributed by atoms with E-state index in [4.69, 9.17) is 10.2 Å². The van der Waals surface area contributed by atoms with E-state index in [1.54, 1.807) is 0 Å². The fraction of sp³-hybridized carbons (Fsp3) is 0.636. The molecule has 0 aliphatic carbocycles. The smallest absolute Gasteiger partial charge is 0.247 e. The van der Waals surface area contributed by atoms with Crippen LogP contribution in [0.2, 0.25) is 0 Å². The first-order valence-electron chi connectivity index (χ1n) is 5.95. The van der Waals surface area contributed by atoms with Gasteiger partial charge in [-0.3, -0.25) is 0 Å². The molecule has 7 heteroatoms. The minimum absolute atomic E-state index is 0.154. The summed E-state index contributed by atoms with van der Waals surface area (Å²) in [5.41, 5.74) is 5.44. The molecule has 0 aromatic carbocycles. The Morgan fingerprint density at radius 2 is 2.11 bits per heavy atom. The van der Waals surface area contributed by atoms with Crippen molar-refractivity contribution in [3.8, 4) is 0 Å². The van der Waals surface area contributed by atoms with Crippen LogP contribution in [-0.2, 0) is 16.6 Å². The molecule has 1 heterocycles. The lowest BCUT2D eigenvalue weighted by Gasteiger charge is -2.19. The number of sulfonamides is 1. The van der Waals surface area contributed by atoms with Crippen LogP contribution in [0.4, 0.5) is 0 Å². The van der Waals surface area contributed by atoms with Crippen molar-refractivity contribution in [2.24, 2.45) is 5.73 Å². The van der Waals surface area contributed by atoms with E-state index in [2.05, 4.69) is 15.9 Å². The lowest BCUT2D eigenvalue weighted by Crippen LogP contribution is -2.31. The quantitative estimate of drug-likeness (QED) is 0.827. The monoisotopic (exact) mass is 338 g/mol. The molecule has 2 N–H and O–H groups in total. The molecule has 1 aromatic rings. The van der Waals surface area contributed by atoms with Crippen LogP contribution in [0, 0.1) is 0 Å². The standard InChI is InChI=1S/C11H19BrN2O3S/c1-3-5-6-14(4-2)18(15,16)10-7-9(8-13)17-11(10)12/h7H,3-6,8,13H2,1-2H3. The summed E-state index contributed by atoms with van der Waals surface area (Å²) in [6.45, 7) is 4.99. The third-order valence-electron chi connectivity index (χ3n) is 2.64. The molecule has 0 spiro atoms. The fourth-order valence-corrected chi connectivity index (χ4v) is 4.04. The van der Waals surface area contributed by atoms with Crippen LogP contribution in [0.3, 0.4) is 0 Å². The third kappa shape index (κ3) is 3.34. The second kappa shape index (κ2) is 6.70. The van der Waals surface area contributed by atoms with E-state index in [0.29, 0.717) is 18.8 Å². The van der Waals surface area contributed by atoms with Gasteiger partial charge in [-0.15, -0.1) is 0 Å². The predicted octanol–water partition coefficient (Wildman–Crippen LogP) is 2.31. The molecular formula is C11H19BrN2O3S. The van der Waals surface area contributed by atoms with E-state index in [1.807, 2.05) is 13.8 Å². The largest absolute Gasteiger partial charge is 0.452 e. The van der Waals surface area contributed by atoms with Gasteiger partial charge in [-0.25, -0.2) is 8.42 Å². The Balaban J connectivity index is 3.06. The summed E-state index contributed by atoms with van der Waals surface area (Å²) >= 11 is 3.13. The Labute approximate surface area is 117 Å². The van der Waals surface area contributed by atoms with E-state index in [-0.39, 0.29) is 16.1 Å². The van der Waals surface area contributed by atoms with Crippen LogP contribution in [0.15, 0.2) is 20.0 Å². The highest BCUT2D eigenvalue weighted by Crippen LogP contribution is 2.28. The molecule has 0 aliphatic rings. The first-order chi connectivity index (χ1) is 8.47. The average Bonchev–Trinajstić information content (AvgIpc) is 2.72. The van der Waals surface area contributed by atoms with Crippen molar-refractivity contribution in [1.82, 2.24) is 4.31 Å². The van der Waals surface area contributed by atoms with Gasteiger partial charge >= 0.3 is 0 Å². The Kier molecular flexibility index (Phi) is 5.84. The number of nitrogens with zero attached hydrogens (tertiary/aromatic N) is 1. The van der Waals surface area contributed by atoms with Gasteiger partial charge in [0.25, 0.3) is 0 Å². The van der Waals surface area contributed by atoms with Gasteiger partial charge in [0.15, 0.2) is 4.67 Å². The second-order valence-corrected chi connectivity index (χ2v) is 6.53. The Hall–Kier alpha value is -0.370. The van der Waals surface area contributed by atoms with Gasteiger partial charge in [-0.2, -0.15) is 4.31 Å². The van der Waals surface area contributed by atoms with Crippen LogP contribution in [0.1, 0.15) is 32.4 Å². The number of furan rings is 1. The van der Waals surface area contributed by atoms with E-state index in [1.165, 1.54) is 10.4 Å². The number of unbranched alkanes of at least 4 members (excludes halogenated alkanes) is 1. The van der Waals surface area contributed by atoms with Gasteiger partial charge in [0.1, 0.15) is 10.7 Å². The predicted molar refractivity (Wildman–Crippen MR) is 73.6 cm³/mol. The molecule has 18 heavy (non-hydrogen) atoms. The highest BCUT2D eigenvalue weighted by atomic mass is 79.9. The van der Waals surface area contributed by atoms with Crippen LogP contribution in [-0.4, -0.2) is 25.8 Å². The number of hydrogen-bond donors (Lipinski definition) is 1. The van der Waals surface area contributed by atoms with E-state index < -0.39 is 10.0 Å². The lowest BCUT2D eigenvalue weighted by molar-refractivity contribution is 0.416. The summed E-state index contributed by atoms with van der Waals surface area (Å²) < 4.78 is 31.7. The zero-order valence-electron chi connectivity index (χ0n) is 10.6. The Morgan fingerprint density at radius 3 is 2.56 bits per heavy atom. The molecular weight excluding hydrogens is 320 g/mol. The first kappa shape index (κ1) is 15.7. The van der Waals surface area contributed by atoms with Crippen LogP contribution in [0.5, 0.6) is 0 Å². The van der Waals surface area contributed by atoms with Gasteiger partial charge in [-0.05, 0) is 22.4 Å². The minimum atomic E-state index is -3.51. The molecule has 1 aromatic heterocycles. The molecule has 1 rings (SSSR count). The maximum absolute atomic E-state index is 12.4. The molecule has 0 atom stereocenters. The summed E-state index contributed by atoms with van der Waals surface area (Å²) in [6, 6.07) is 1.48. The molecule has 0 amide bonds. The van der Waals surface area contributed by atoms with Gasteiger partial charge in [-0.1, -0.05) is 20.3 Å². The van der Waals surface area contributed by atoms with Gasteiger partial charge in [0.05, 0.1) is 6.54 Å². The summed E-state index contributed by atoms with van der Waals surface area (Å²) in [4.78, 5) is 0.154. The molecule has 0 saturated heterocycles. The molecule has 0 aliphatic heterocycles. The summed E-state index contributed by atoms with van der Waals surface area (Å²) in [7, 11) is -3.51. The van der Waals surface area contributed by atoms with Gasteiger partial charge in [0.2, 0.25) is 10.0 Å². The number of hydrogen-bond acceptors (Lipinski definition) is 4. The number of rotatable bonds is 7. The van der Waals surface area contributed by atoms with E-state index in [9.17, 15) is 8.42 Å². The highest BCUT2D eigenvalue weighted by molar-refractivity contribution is 9.10. The molecule has 0 unspecified atom stereocenters. The molecule has 5 nitrogen and oxygen atoms in total. The summed E-state index contributed by atoms with van der Waals surface area (Å²) in [5.74, 6) is 0.451. The van der Waals surface area contributed by atoms with E-state index in [0.717, 1.165) is 12.8 Å². The van der Waals surface area contributed by atoms with Gasteiger partial charge in [0, 0.05) is 19.2 Å².